The van der Waals surface area contributed by atoms with Crippen LogP contribution in [0.5, 0.6) is 0 Å². The summed E-state index contributed by atoms with van der Waals surface area (Å²) in [6.45, 7) is 2.80. The molecule has 0 aliphatic heterocycles. The molecular weight excluding hydrogens is 282 g/mol. The van der Waals surface area contributed by atoms with Gasteiger partial charge < -0.3 is 20.7 Å². The van der Waals surface area contributed by atoms with Gasteiger partial charge in [0, 0.05) is 43.9 Å². The Kier molecular flexibility index (Phi) is 7.25. The fourth-order valence-corrected chi connectivity index (χ4v) is 2.14. The third kappa shape index (κ3) is 4.39. The van der Waals surface area contributed by atoms with Crippen molar-refractivity contribution >= 4 is 24.2 Å². The van der Waals surface area contributed by atoms with Gasteiger partial charge in [-0.1, -0.05) is 12.1 Å². The third-order valence-corrected chi connectivity index (χ3v) is 3.58. The molecule has 0 heterocycles. The summed E-state index contributed by atoms with van der Waals surface area (Å²) in [6.07, 6.45) is 2.49. The van der Waals surface area contributed by atoms with E-state index in [-0.39, 0.29) is 11.9 Å². The zero-order valence-electron chi connectivity index (χ0n) is 13.0. The summed E-state index contributed by atoms with van der Waals surface area (Å²) in [6, 6.07) is 4.98. The van der Waals surface area contributed by atoms with Crippen LogP contribution in [0.2, 0.25) is 0 Å². The van der Waals surface area contributed by atoms with Crippen molar-refractivity contribution in [2.24, 2.45) is 5.73 Å². The van der Waals surface area contributed by atoms with Crippen LogP contribution >= 0.6 is 0 Å². The van der Waals surface area contributed by atoms with E-state index in [0.29, 0.717) is 49.0 Å². The number of amides is 1. The average Bonchev–Trinajstić information content (AvgIpc) is 2.55. The number of anilines is 1. The van der Waals surface area contributed by atoms with Crippen molar-refractivity contribution in [3.63, 3.8) is 0 Å². The van der Waals surface area contributed by atoms with E-state index in [9.17, 15) is 14.4 Å². The minimum Gasteiger partial charge on any atom is -0.383 e. The molecular formula is C16H23N3O3. The molecule has 22 heavy (non-hydrogen) atoms. The summed E-state index contributed by atoms with van der Waals surface area (Å²) in [4.78, 5) is 36.0. The fraction of sp³-hybridized carbons (Fsp3) is 0.438. The van der Waals surface area contributed by atoms with Crippen LogP contribution in [0.1, 0.15) is 40.5 Å². The van der Waals surface area contributed by atoms with Crippen molar-refractivity contribution in [3.05, 3.63) is 29.3 Å². The lowest BCUT2D eigenvalue weighted by Gasteiger charge is -2.26. The van der Waals surface area contributed by atoms with E-state index in [1.807, 2.05) is 6.92 Å². The summed E-state index contributed by atoms with van der Waals surface area (Å²) in [5.41, 5.74) is 6.74. The van der Waals surface area contributed by atoms with Crippen LogP contribution in [0.3, 0.4) is 0 Å². The SMILES string of the molecule is CC(CCC=O)N(C)C(=O)c1c(C=O)cccc1NCCN. The van der Waals surface area contributed by atoms with Gasteiger partial charge in [0.25, 0.3) is 5.91 Å². The normalized spacial score (nSPS) is 11.6. The van der Waals surface area contributed by atoms with Crippen LogP contribution in [0.15, 0.2) is 18.2 Å². The lowest BCUT2D eigenvalue weighted by molar-refractivity contribution is -0.108. The number of rotatable bonds is 9. The summed E-state index contributed by atoms with van der Waals surface area (Å²) >= 11 is 0. The number of carbonyl (C=O) groups excluding carboxylic acids is 3. The van der Waals surface area contributed by atoms with Gasteiger partial charge in [0.15, 0.2) is 6.29 Å². The first-order valence-corrected chi connectivity index (χ1v) is 7.29. The van der Waals surface area contributed by atoms with Gasteiger partial charge >= 0.3 is 0 Å². The highest BCUT2D eigenvalue weighted by atomic mass is 16.2. The predicted molar refractivity (Wildman–Crippen MR) is 86.2 cm³/mol. The van der Waals surface area contributed by atoms with Crippen LogP contribution in [0.4, 0.5) is 5.69 Å². The standard InChI is InChI=1S/C16H23N3O3/c1-12(5-4-10-20)19(2)16(22)15-13(11-21)6-3-7-14(15)18-9-8-17/h3,6-7,10-12,18H,4-5,8-9,17H2,1-2H3. The minimum atomic E-state index is -0.249. The van der Waals surface area contributed by atoms with Crippen LogP contribution in [0, 0.1) is 0 Å². The maximum Gasteiger partial charge on any atom is 0.256 e. The average molecular weight is 305 g/mol. The molecule has 0 aliphatic rings. The number of carbonyl (C=O) groups is 3. The van der Waals surface area contributed by atoms with Crippen molar-refractivity contribution < 1.29 is 14.4 Å². The zero-order valence-corrected chi connectivity index (χ0v) is 13.0. The molecule has 0 aromatic heterocycles. The van der Waals surface area contributed by atoms with Crippen LogP contribution in [0.25, 0.3) is 0 Å². The molecule has 3 N–H and O–H groups in total. The van der Waals surface area contributed by atoms with Crippen molar-refractivity contribution in [1.29, 1.82) is 0 Å². The summed E-state index contributed by atoms with van der Waals surface area (Å²) < 4.78 is 0. The first kappa shape index (κ1) is 17.8. The molecule has 0 aliphatic carbocycles. The quantitative estimate of drug-likeness (QED) is 0.671. The molecule has 0 saturated heterocycles. The third-order valence-electron chi connectivity index (χ3n) is 3.58. The second-order valence-corrected chi connectivity index (χ2v) is 5.11. The number of nitrogens with two attached hydrogens (primary N) is 1. The Bertz CT molecular complexity index is 531. The van der Waals surface area contributed by atoms with Gasteiger partial charge in [-0.15, -0.1) is 0 Å². The molecule has 120 valence electrons. The molecule has 6 heteroatoms. The van der Waals surface area contributed by atoms with E-state index in [4.69, 9.17) is 5.73 Å². The molecule has 1 amide bonds. The van der Waals surface area contributed by atoms with Gasteiger partial charge in [-0.2, -0.15) is 0 Å². The van der Waals surface area contributed by atoms with Gasteiger partial charge in [-0.05, 0) is 19.4 Å². The number of nitrogens with one attached hydrogen (secondary N) is 1. The predicted octanol–water partition coefficient (Wildman–Crippen LogP) is 1.31. The van der Waals surface area contributed by atoms with E-state index in [0.717, 1.165) is 6.29 Å². The Labute approximate surface area is 130 Å². The maximum atomic E-state index is 12.7. The second-order valence-electron chi connectivity index (χ2n) is 5.11. The number of aldehydes is 2. The number of hydrogen-bond acceptors (Lipinski definition) is 5. The molecule has 1 unspecified atom stereocenters. The topological polar surface area (TPSA) is 92.5 Å². The number of hydrogen-bond donors (Lipinski definition) is 2. The smallest absolute Gasteiger partial charge is 0.256 e. The highest BCUT2D eigenvalue weighted by Gasteiger charge is 2.22. The molecule has 0 saturated carbocycles. The van der Waals surface area contributed by atoms with Crippen LogP contribution in [-0.2, 0) is 4.79 Å². The minimum absolute atomic E-state index is 0.0974. The molecule has 0 spiro atoms. The molecule has 1 atom stereocenters. The van der Waals surface area contributed by atoms with Crippen molar-refractivity contribution in [2.75, 3.05) is 25.5 Å². The van der Waals surface area contributed by atoms with Gasteiger partial charge in [0.2, 0.25) is 0 Å². The highest BCUT2D eigenvalue weighted by molar-refractivity contribution is 6.06. The fourth-order valence-electron chi connectivity index (χ4n) is 2.14. The molecule has 1 aromatic rings. The van der Waals surface area contributed by atoms with E-state index in [1.54, 1.807) is 30.1 Å². The molecule has 0 radical (unpaired) electrons. The van der Waals surface area contributed by atoms with Crippen LogP contribution in [-0.4, -0.2) is 49.6 Å². The number of benzene rings is 1. The Balaban J connectivity index is 3.08. The van der Waals surface area contributed by atoms with Gasteiger partial charge in [-0.25, -0.2) is 0 Å². The van der Waals surface area contributed by atoms with Crippen LogP contribution < -0.4 is 11.1 Å². The summed E-state index contributed by atoms with van der Waals surface area (Å²) in [7, 11) is 1.67. The first-order chi connectivity index (χ1) is 10.6. The second kappa shape index (κ2) is 8.94. The Morgan fingerprint density at radius 2 is 2.14 bits per heavy atom. The van der Waals surface area contributed by atoms with Crippen molar-refractivity contribution in [2.45, 2.75) is 25.8 Å². The summed E-state index contributed by atoms with van der Waals surface area (Å²) in [5, 5.41) is 3.07. The van der Waals surface area contributed by atoms with Gasteiger partial charge in [0.05, 0.1) is 5.56 Å². The largest absolute Gasteiger partial charge is 0.383 e. The van der Waals surface area contributed by atoms with Crippen molar-refractivity contribution in [1.82, 2.24) is 4.90 Å². The van der Waals surface area contributed by atoms with Gasteiger partial charge in [-0.3, -0.25) is 9.59 Å². The van der Waals surface area contributed by atoms with Gasteiger partial charge in [0.1, 0.15) is 6.29 Å². The molecule has 0 bridgehead atoms. The molecule has 0 fully saturated rings. The number of nitrogens with zero attached hydrogens (tertiary/aromatic N) is 1. The van der Waals surface area contributed by atoms with E-state index >= 15 is 0 Å². The monoisotopic (exact) mass is 305 g/mol. The first-order valence-electron chi connectivity index (χ1n) is 7.29. The lowest BCUT2D eigenvalue weighted by atomic mass is 10.0. The van der Waals surface area contributed by atoms with E-state index in [2.05, 4.69) is 5.32 Å². The highest BCUT2D eigenvalue weighted by Crippen LogP contribution is 2.22. The Hall–Kier alpha value is -2.21. The zero-order chi connectivity index (χ0) is 16.5. The Morgan fingerprint density at radius 3 is 2.73 bits per heavy atom. The Morgan fingerprint density at radius 1 is 1.41 bits per heavy atom. The molecule has 6 nitrogen and oxygen atoms in total. The maximum absolute atomic E-state index is 12.7. The van der Waals surface area contributed by atoms with E-state index in [1.165, 1.54) is 0 Å². The van der Waals surface area contributed by atoms with E-state index < -0.39 is 0 Å². The molecule has 1 aromatic carbocycles. The molecule has 1 rings (SSSR count). The lowest BCUT2D eigenvalue weighted by Crippen LogP contribution is -2.36. The van der Waals surface area contributed by atoms with Crippen molar-refractivity contribution in [3.8, 4) is 0 Å². The summed E-state index contributed by atoms with van der Waals surface area (Å²) in [5.74, 6) is -0.249.